The van der Waals surface area contributed by atoms with Crippen LogP contribution in [0.1, 0.15) is 20.8 Å². The van der Waals surface area contributed by atoms with Gasteiger partial charge in [0.05, 0.1) is 11.6 Å². The summed E-state index contributed by atoms with van der Waals surface area (Å²) in [6, 6.07) is 7.55. The van der Waals surface area contributed by atoms with Gasteiger partial charge in [0, 0.05) is 48.9 Å². The van der Waals surface area contributed by atoms with Crippen molar-refractivity contribution in [2.24, 2.45) is 0 Å². The minimum atomic E-state index is -0.392. The van der Waals surface area contributed by atoms with Crippen molar-refractivity contribution in [1.82, 2.24) is 20.5 Å². The van der Waals surface area contributed by atoms with Gasteiger partial charge in [-0.1, -0.05) is 0 Å². The molecule has 2 aromatic heterocycles. The molecule has 7 heteroatoms. The van der Waals surface area contributed by atoms with E-state index in [4.69, 9.17) is 4.74 Å². The Morgan fingerprint density at radius 2 is 2.15 bits per heavy atom. The molecule has 0 saturated carbocycles. The molecule has 27 heavy (non-hydrogen) atoms. The standard InChI is InChI=1S/C20H24FN5O/c1-12(2)27-18-9-15-17(10-16(18)21)24-25-20(15)14-4-5-23-19(8-14)26-7-6-22-13(3)11-26/h4-5,8-10,12-13,22H,6-7,11H2,1-3H3,(H,24,25)/t13-/m0/s1. The zero-order valence-electron chi connectivity index (χ0n) is 15.8. The molecule has 1 aliphatic heterocycles. The lowest BCUT2D eigenvalue weighted by Gasteiger charge is -2.32. The Balaban J connectivity index is 1.73. The van der Waals surface area contributed by atoms with E-state index >= 15 is 0 Å². The molecule has 4 rings (SSSR count). The summed E-state index contributed by atoms with van der Waals surface area (Å²) in [5.74, 6) is 0.778. The maximum absolute atomic E-state index is 14.2. The fraction of sp³-hybridized carbons (Fsp3) is 0.400. The molecular weight excluding hydrogens is 345 g/mol. The summed E-state index contributed by atoms with van der Waals surface area (Å²) in [4.78, 5) is 6.80. The Morgan fingerprint density at radius 3 is 2.93 bits per heavy atom. The van der Waals surface area contributed by atoms with Crippen molar-refractivity contribution in [3.8, 4) is 17.0 Å². The van der Waals surface area contributed by atoms with E-state index in [2.05, 4.69) is 32.3 Å². The highest BCUT2D eigenvalue weighted by molar-refractivity contribution is 5.94. The Kier molecular flexibility index (Phi) is 4.70. The first kappa shape index (κ1) is 17.7. The highest BCUT2D eigenvalue weighted by atomic mass is 19.1. The molecule has 1 fully saturated rings. The number of rotatable bonds is 4. The average molecular weight is 369 g/mol. The van der Waals surface area contributed by atoms with Crippen LogP contribution in [0.5, 0.6) is 5.75 Å². The SMILES string of the molecule is CC(C)Oc1cc2c(-c3ccnc(N4CCN[C@@H](C)C4)c3)n[nH]c2cc1F. The van der Waals surface area contributed by atoms with Crippen molar-refractivity contribution in [1.29, 1.82) is 0 Å². The van der Waals surface area contributed by atoms with Crippen molar-refractivity contribution in [3.05, 3.63) is 36.3 Å². The van der Waals surface area contributed by atoms with Crippen LogP contribution in [0.25, 0.3) is 22.2 Å². The fourth-order valence-electron chi connectivity index (χ4n) is 3.46. The Hall–Kier alpha value is -2.67. The molecule has 1 aromatic carbocycles. The molecule has 1 atom stereocenters. The summed E-state index contributed by atoms with van der Waals surface area (Å²) in [7, 11) is 0. The molecule has 0 aliphatic carbocycles. The normalized spacial score (nSPS) is 17.7. The quantitative estimate of drug-likeness (QED) is 0.738. The monoisotopic (exact) mass is 369 g/mol. The van der Waals surface area contributed by atoms with Gasteiger partial charge in [-0.2, -0.15) is 5.10 Å². The maximum Gasteiger partial charge on any atom is 0.167 e. The van der Waals surface area contributed by atoms with Gasteiger partial charge in [0.15, 0.2) is 11.6 Å². The molecule has 0 radical (unpaired) electrons. The molecular formula is C20H24FN5O. The van der Waals surface area contributed by atoms with Crippen molar-refractivity contribution >= 4 is 16.7 Å². The zero-order valence-corrected chi connectivity index (χ0v) is 15.8. The van der Waals surface area contributed by atoms with Crippen LogP contribution in [0.4, 0.5) is 10.2 Å². The van der Waals surface area contributed by atoms with Crippen LogP contribution in [0.3, 0.4) is 0 Å². The van der Waals surface area contributed by atoms with Gasteiger partial charge in [0.1, 0.15) is 11.5 Å². The van der Waals surface area contributed by atoms with E-state index in [1.54, 1.807) is 12.3 Å². The third-order valence-corrected chi connectivity index (χ3v) is 4.69. The Morgan fingerprint density at radius 1 is 1.30 bits per heavy atom. The van der Waals surface area contributed by atoms with Crippen LogP contribution >= 0.6 is 0 Å². The average Bonchev–Trinajstić information content (AvgIpc) is 3.04. The summed E-state index contributed by atoms with van der Waals surface area (Å²) in [6.07, 6.45) is 1.70. The first-order valence-corrected chi connectivity index (χ1v) is 9.30. The minimum Gasteiger partial charge on any atom is -0.488 e. The van der Waals surface area contributed by atoms with E-state index in [0.717, 1.165) is 42.1 Å². The predicted molar refractivity (Wildman–Crippen MR) is 105 cm³/mol. The minimum absolute atomic E-state index is 0.102. The molecule has 0 unspecified atom stereocenters. The predicted octanol–water partition coefficient (Wildman–Crippen LogP) is 3.35. The van der Waals surface area contributed by atoms with E-state index in [1.165, 1.54) is 6.07 Å². The van der Waals surface area contributed by atoms with Gasteiger partial charge in [0.25, 0.3) is 0 Å². The number of hydrogen-bond donors (Lipinski definition) is 2. The summed E-state index contributed by atoms with van der Waals surface area (Å²) < 4.78 is 19.8. The molecule has 3 aromatic rings. The van der Waals surface area contributed by atoms with Gasteiger partial charge in [-0.25, -0.2) is 9.37 Å². The van der Waals surface area contributed by atoms with Crippen molar-refractivity contribution < 1.29 is 9.13 Å². The largest absolute Gasteiger partial charge is 0.488 e. The van der Waals surface area contributed by atoms with Crippen molar-refractivity contribution in [2.45, 2.75) is 32.9 Å². The van der Waals surface area contributed by atoms with E-state index < -0.39 is 5.82 Å². The molecule has 0 bridgehead atoms. The molecule has 1 saturated heterocycles. The molecule has 0 spiro atoms. The third kappa shape index (κ3) is 3.60. The van der Waals surface area contributed by atoms with E-state index in [0.29, 0.717) is 11.6 Å². The van der Waals surface area contributed by atoms with E-state index in [-0.39, 0.29) is 11.9 Å². The van der Waals surface area contributed by atoms with Crippen molar-refractivity contribution in [2.75, 3.05) is 24.5 Å². The number of aromatic amines is 1. The first-order valence-electron chi connectivity index (χ1n) is 9.30. The fourth-order valence-corrected chi connectivity index (χ4v) is 3.46. The van der Waals surface area contributed by atoms with E-state index in [9.17, 15) is 4.39 Å². The van der Waals surface area contributed by atoms with Crippen LogP contribution in [0.15, 0.2) is 30.5 Å². The number of anilines is 1. The van der Waals surface area contributed by atoms with Crippen LogP contribution < -0.4 is 15.0 Å². The van der Waals surface area contributed by atoms with Crippen LogP contribution in [0.2, 0.25) is 0 Å². The van der Waals surface area contributed by atoms with Gasteiger partial charge in [-0.15, -0.1) is 0 Å². The zero-order chi connectivity index (χ0) is 19.0. The van der Waals surface area contributed by atoms with Gasteiger partial charge in [-0.05, 0) is 39.0 Å². The number of ether oxygens (including phenoxy) is 1. The molecule has 142 valence electrons. The lowest BCUT2D eigenvalue weighted by atomic mass is 10.1. The molecule has 6 nitrogen and oxygen atoms in total. The number of fused-ring (bicyclic) bond motifs is 1. The third-order valence-electron chi connectivity index (χ3n) is 4.69. The lowest BCUT2D eigenvalue weighted by Crippen LogP contribution is -2.49. The molecule has 1 aliphatic rings. The van der Waals surface area contributed by atoms with Crippen LogP contribution in [0, 0.1) is 5.82 Å². The van der Waals surface area contributed by atoms with Gasteiger partial charge >= 0.3 is 0 Å². The highest BCUT2D eigenvalue weighted by Gasteiger charge is 2.19. The Labute approximate surface area is 157 Å². The second-order valence-electron chi connectivity index (χ2n) is 7.27. The number of H-pyrrole nitrogens is 1. The number of aromatic nitrogens is 3. The van der Waals surface area contributed by atoms with Crippen LogP contribution in [-0.2, 0) is 0 Å². The summed E-state index contributed by atoms with van der Waals surface area (Å²) in [5, 5.41) is 11.6. The summed E-state index contributed by atoms with van der Waals surface area (Å²) in [6.45, 7) is 8.69. The molecule has 0 amide bonds. The number of pyridine rings is 1. The van der Waals surface area contributed by atoms with Gasteiger partial charge in [-0.3, -0.25) is 5.10 Å². The molecule has 3 heterocycles. The number of nitrogens with zero attached hydrogens (tertiary/aromatic N) is 3. The number of hydrogen-bond acceptors (Lipinski definition) is 5. The molecule has 2 N–H and O–H groups in total. The van der Waals surface area contributed by atoms with E-state index in [1.807, 2.05) is 26.0 Å². The summed E-state index contributed by atoms with van der Waals surface area (Å²) in [5.41, 5.74) is 2.36. The Bertz CT molecular complexity index is 955. The highest BCUT2D eigenvalue weighted by Crippen LogP contribution is 2.32. The first-order chi connectivity index (χ1) is 13.0. The van der Waals surface area contributed by atoms with Crippen molar-refractivity contribution in [3.63, 3.8) is 0 Å². The lowest BCUT2D eigenvalue weighted by molar-refractivity contribution is 0.231. The smallest absolute Gasteiger partial charge is 0.167 e. The topological polar surface area (TPSA) is 66.1 Å². The maximum atomic E-state index is 14.2. The number of halogens is 1. The number of nitrogens with one attached hydrogen (secondary N) is 2. The summed E-state index contributed by atoms with van der Waals surface area (Å²) >= 11 is 0. The second-order valence-corrected chi connectivity index (χ2v) is 7.27. The van der Waals surface area contributed by atoms with Gasteiger partial charge in [0.2, 0.25) is 0 Å². The number of piperazine rings is 1. The van der Waals surface area contributed by atoms with Crippen LogP contribution in [-0.4, -0.2) is 47.0 Å². The second kappa shape index (κ2) is 7.15. The van der Waals surface area contributed by atoms with Gasteiger partial charge < -0.3 is 15.0 Å². The number of benzene rings is 1.